The SMILES string of the molecule is CCC[N+]1=c2ccc(OC)cc2=C(C)C1(C)C.[I-]. The van der Waals surface area contributed by atoms with E-state index < -0.39 is 0 Å². The van der Waals surface area contributed by atoms with E-state index in [2.05, 4.69) is 50.5 Å². The first-order valence-corrected chi connectivity index (χ1v) is 6.32. The van der Waals surface area contributed by atoms with Crippen LogP contribution in [0.5, 0.6) is 5.75 Å². The summed E-state index contributed by atoms with van der Waals surface area (Å²) in [5.74, 6) is 0.942. The van der Waals surface area contributed by atoms with Gasteiger partial charge in [0.25, 0.3) is 0 Å². The number of hydrogen-bond acceptors (Lipinski definition) is 1. The lowest BCUT2D eigenvalue weighted by molar-refractivity contribution is -0.00000426. The lowest BCUT2D eigenvalue weighted by Crippen LogP contribution is -3.00. The average molecular weight is 359 g/mol. The molecule has 3 heteroatoms. The van der Waals surface area contributed by atoms with Gasteiger partial charge in [-0.2, -0.15) is 0 Å². The standard InChI is InChI=1S/C15H22NO.HI/c1-6-9-16-14-8-7-12(17-5)10-13(14)11(2)15(16,3)4;/h7-8,10H,6,9H2,1-5H3;1H/q+1;/p-1. The molecule has 0 aromatic heterocycles. The molecule has 0 fully saturated rings. The third-order valence-electron chi connectivity index (χ3n) is 3.94. The lowest BCUT2D eigenvalue weighted by Gasteiger charge is -2.19. The van der Waals surface area contributed by atoms with Gasteiger partial charge in [0.1, 0.15) is 12.3 Å². The minimum atomic E-state index is 0. The van der Waals surface area contributed by atoms with Gasteiger partial charge in [0, 0.05) is 31.9 Å². The summed E-state index contributed by atoms with van der Waals surface area (Å²) in [6.45, 7) is 10.2. The molecule has 0 aliphatic carbocycles. The summed E-state index contributed by atoms with van der Waals surface area (Å²) in [6, 6.07) is 6.39. The summed E-state index contributed by atoms with van der Waals surface area (Å²) < 4.78 is 7.82. The quantitative estimate of drug-likeness (QED) is 0.476. The van der Waals surface area contributed by atoms with Crippen molar-refractivity contribution < 1.29 is 28.7 Å². The van der Waals surface area contributed by atoms with Crippen molar-refractivity contribution in [3.63, 3.8) is 0 Å². The van der Waals surface area contributed by atoms with Gasteiger partial charge >= 0.3 is 0 Å². The third-order valence-corrected chi connectivity index (χ3v) is 3.94. The zero-order chi connectivity index (χ0) is 12.6. The van der Waals surface area contributed by atoms with Gasteiger partial charge in [0.2, 0.25) is 5.36 Å². The van der Waals surface area contributed by atoms with Crippen LogP contribution in [0.1, 0.15) is 34.1 Å². The largest absolute Gasteiger partial charge is 1.00 e. The molecule has 0 spiro atoms. The molecule has 2 nitrogen and oxygen atoms in total. The van der Waals surface area contributed by atoms with Crippen LogP contribution in [0, 0.1) is 0 Å². The number of fused-ring (bicyclic) bond motifs is 1. The summed E-state index contributed by atoms with van der Waals surface area (Å²) in [5.41, 5.74) is 1.55. The van der Waals surface area contributed by atoms with Crippen molar-refractivity contribution in [2.45, 2.75) is 39.7 Å². The molecule has 1 heterocycles. The van der Waals surface area contributed by atoms with Crippen LogP contribution in [-0.2, 0) is 0 Å². The van der Waals surface area contributed by atoms with E-state index in [1.54, 1.807) is 7.11 Å². The van der Waals surface area contributed by atoms with Gasteiger partial charge in [0.15, 0.2) is 5.54 Å². The smallest absolute Gasteiger partial charge is 0.208 e. The van der Waals surface area contributed by atoms with E-state index in [1.807, 2.05) is 0 Å². The van der Waals surface area contributed by atoms with Gasteiger partial charge in [-0.3, -0.25) is 0 Å². The van der Waals surface area contributed by atoms with Crippen molar-refractivity contribution in [3.8, 4) is 5.75 Å². The van der Waals surface area contributed by atoms with Crippen LogP contribution >= 0.6 is 0 Å². The zero-order valence-corrected chi connectivity index (χ0v) is 14.0. The molecule has 0 amide bonds. The second-order valence-corrected chi connectivity index (χ2v) is 5.22. The van der Waals surface area contributed by atoms with E-state index in [-0.39, 0.29) is 29.5 Å². The van der Waals surface area contributed by atoms with Crippen molar-refractivity contribution in [1.82, 2.24) is 4.58 Å². The first-order chi connectivity index (χ1) is 8.02. The molecule has 18 heavy (non-hydrogen) atoms. The lowest BCUT2D eigenvalue weighted by atomic mass is 9.95. The number of hydrogen-bond donors (Lipinski definition) is 0. The fourth-order valence-corrected chi connectivity index (χ4v) is 2.63. The third kappa shape index (κ3) is 2.29. The molecule has 100 valence electrons. The maximum Gasteiger partial charge on any atom is 0.208 e. The zero-order valence-electron chi connectivity index (χ0n) is 11.9. The summed E-state index contributed by atoms with van der Waals surface area (Å²) in [6.07, 6.45) is 1.17. The highest BCUT2D eigenvalue weighted by atomic mass is 127. The van der Waals surface area contributed by atoms with Crippen molar-refractivity contribution in [2.75, 3.05) is 13.7 Å². The van der Waals surface area contributed by atoms with E-state index in [4.69, 9.17) is 4.74 Å². The van der Waals surface area contributed by atoms with Crippen molar-refractivity contribution in [1.29, 1.82) is 0 Å². The highest BCUT2D eigenvalue weighted by Crippen LogP contribution is 2.21. The Morgan fingerprint density at radius 2 is 1.94 bits per heavy atom. The molecule has 1 aromatic rings. The number of nitrogens with zero attached hydrogens (tertiary/aromatic N) is 1. The Morgan fingerprint density at radius 3 is 2.50 bits per heavy atom. The number of methoxy groups -OCH3 is 1. The average Bonchev–Trinajstić information content (AvgIpc) is 2.51. The van der Waals surface area contributed by atoms with E-state index >= 15 is 0 Å². The topological polar surface area (TPSA) is 12.2 Å². The highest BCUT2D eigenvalue weighted by molar-refractivity contribution is 5.56. The van der Waals surface area contributed by atoms with Crippen LogP contribution in [0.15, 0.2) is 18.2 Å². The van der Waals surface area contributed by atoms with Gasteiger partial charge in [-0.05, 0) is 19.1 Å². The van der Waals surface area contributed by atoms with E-state index in [1.165, 1.54) is 22.6 Å². The van der Waals surface area contributed by atoms with E-state index in [0.717, 1.165) is 12.3 Å². The maximum atomic E-state index is 5.32. The highest BCUT2D eigenvalue weighted by Gasteiger charge is 2.37. The van der Waals surface area contributed by atoms with Gasteiger partial charge in [-0.1, -0.05) is 6.92 Å². The summed E-state index contributed by atoms with van der Waals surface area (Å²) in [7, 11) is 1.72. The maximum absolute atomic E-state index is 5.32. The second-order valence-electron chi connectivity index (χ2n) is 5.22. The molecule has 0 saturated carbocycles. The summed E-state index contributed by atoms with van der Waals surface area (Å²) in [5, 5.41) is 2.68. The van der Waals surface area contributed by atoms with Crippen LogP contribution < -0.4 is 43.9 Å². The number of rotatable bonds is 3. The van der Waals surface area contributed by atoms with Crippen LogP contribution in [0.25, 0.3) is 5.57 Å². The molecule has 1 aliphatic rings. The molecule has 1 aromatic carbocycles. The second kappa shape index (κ2) is 5.59. The molecule has 0 saturated heterocycles. The summed E-state index contributed by atoms with van der Waals surface area (Å²) >= 11 is 0. The Kier molecular flexibility index (Phi) is 4.81. The number of halogens is 1. The fourth-order valence-electron chi connectivity index (χ4n) is 2.63. The van der Waals surface area contributed by atoms with Gasteiger partial charge in [0.05, 0.1) is 12.3 Å². The Labute approximate surface area is 126 Å². The number of benzene rings is 1. The predicted molar refractivity (Wildman–Crippen MR) is 71.8 cm³/mol. The number of ether oxygens (including phenoxy) is 1. The van der Waals surface area contributed by atoms with Crippen molar-refractivity contribution in [3.05, 3.63) is 28.8 Å². The minimum absolute atomic E-state index is 0. The molecule has 0 N–H and O–H groups in total. The molecule has 2 rings (SSSR count). The Morgan fingerprint density at radius 1 is 1.28 bits per heavy atom. The minimum Gasteiger partial charge on any atom is -1.00 e. The molecule has 0 bridgehead atoms. The molecule has 1 aliphatic heterocycles. The molecule has 0 unspecified atom stereocenters. The molecule has 0 radical (unpaired) electrons. The van der Waals surface area contributed by atoms with E-state index in [0.29, 0.717) is 0 Å². The monoisotopic (exact) mass is 359 g/mol. The first-order valence-electron chi connectivity index (χ1n) is 6.32. The van der Waals surface area contributed by atoms with E-state index in [9.17, 15) is 0 Å². The van der Waals surface area contributed by atoms with Crippen LogP contribution in [0.4, 0.5) is 0 Å². The van der Waals surface area contributed by atoms with Crippen molar-refractivity contribution >= 4 is 5.57 Å². The first kappa shape index (κ1) is 15.5. The molecular formula is C15H22INO. The fraction of sp³-hybridized carbons (Fsp3) is 0.533. The van der Waals surface area contributed by atoms with Gasteiger partial charge in [-0.15, -0.1) is 0 Å². The Hall–Kier alpha value is -0.580. The Balaban J connectivity index is 0.00000162. The van der Waals surface area contributed by atoms with Gasteiger partial charge in [-0.25, -0.2) is 4.58 Å². The summed E-state index contributed by atoms with van der Waals surface area (Å²) in [4.78, 5) is 0. The van der Waals surface area contributed by atoms with Crippen LogP contribution in [0.2, 0.25) is 0 Å². The molecular weight excluding hydrogens is 337 g/mol. The predicted octanol–water partition coefficient (Wildman–Crippen LogP) is -1.44. The normalized spacial score (nSPS) is 16.3. The van der Waals surface area contributed by atoms with Crippen LogP contribution in [0.3, 0.4) is 0 Å². The Bertz CT molecular complexity index is 560. The van der Waals surface area contributed by atoms with Crippen molar-refractivity contribution in [2.24, 2.45) is 0 Å². The van der Waals surface area contributed by atoms with Crippen LogP contribution in [-0.4, -0.2) is 19.2 Å². The molecule has 0 atom stereocenters. The van der Waals surface area contributed by atoms with Gasteiger partial charge < -0.3 is 28.7 Å².